The van der Waals surface area contributed by atoms with Gasteiger partial charge in [0.05, 0.1) is 18.0 Å². The smallest absolute Gasteiger partial charge is 0.128 e. The first-order chi connectivity index (χ1) is 11.4. The van der Waals surface area contributed by atoms with Crippen LogP contribution in [0.2, 0.25) is 0 Å². The van der Waals surface area contributed by atoms with Gasteiger partial charge < -0.3 is 15.5 Å². The molecule has 0 bridgehead atoms. The minimum Gasteiger partial charge on any atom is -0.366 e. The van der Waals surface area contributed by atoms with Gasteiger partial charge in [-0.25, -0.2) is 4.98 Å². The Morgan fingerprint density at radius 3 is 2.65 bits per heavy atom. The Morgan fingerprint density at radius 1 is 0.957 bits per heavy atom. The molecule has 1 saturated heterocycles. The van der Waals surface area contributed by atoms with Gasteiger partial charge in [0.15, 0.2) is 0 Å². The zero-order valence-corrected chi connectivity index (χ0v) is 13.3. The van der Waals surface area contributed by atoms with Gasteiger partial charge in [0, 0.05) is 38.9 Å². The van der Waals surface area contributed by atoms with Crippen LogP contribution >= 0.6 is 0 Å². The second-order valence-corrected chi connectivity index (χ2v) is 6.18. The lowest BCUT2D eigenvalue weighted by molar-refractivity contribution is 0.260. The zero-order chi connectivity index (χ0) is 15.5. The summed E-state index contributed by atoms with van der Waals surface area (Å²) < 4.78 is 0. The number of hydrogen-bond donors (Lipinski definition) is 2. The van der Waals surface area contributed by atoms with Gasteiger partial charge in [-0.15, -0.1) is 0 Å². The van der Waals surface area contributed by atoms with E-state index in [0.717, 1.165) is 51.6 Å². The molecule has 0 radical (unpaired) electrons. The lowest BCUT2D eigenvalue weighted by atomic mass is 10.1. The summed E-state index contributed by atoms with van der Waals surface area (Å²) in [5.74, 6) is 1.10. The van der Waals surface area contributed by atoms with Crippen LogP contribution in [0.5, 0.6) is 0 Å². The highest BCUT2D eigenvalue weighted by Crippen LogP contribution is 2.27. The van der Waals surface area contributed by atoms with E-state index in [1.807, 2.05) is 12.3 Å². The Labute approximate surface area is 137 Å². The monoisotopic (exact) mass is 309 g/mol. The van der Waals surface area contributed by atoms with Crippen LogP contribution in [0.3, 0.4) is 0 Å². The summed E-state index contributed by atoms with van der Waals surface area (Å²) in [5, 5.41) is 6.68. The first kappa shape index (κ1) is 14.3. The molecule has 1 fully saturated rings. The van der Waals surface area contributed by atoms with Crippen LogP contribution in [0.25, 0.3) is 0 Å². The number of rotatable bonds is 4. The average Bonchev–Trinajstić information content (AvgIpc) is 3.09. The number of piperazine rings is 1. The molecule has 120 valence electrons. The molecule has 4 rings (SSSR count). The van der Waals surface area contributed by atoms with Crippen molar-refractivity contribution in [3.05, 3.63) is 48.2 Å². The molecule has 3 heterocycles. The van der Waals surface area contributed by atoms with Gasteiger partial charge >= 0.3 is 0 Å². The molecule has 0 spiro atoms. The number of anilines is 3. The molecule has 23 heavy (non-hydrogen) atoms. The van der Waals surface area contributed by atoms with Crippen molar-refractivity contribution in [2.45, 2.75) is 6.42 Å². The summed E-state index contributed by atoms with van der Waals surface area (Å²) in [6.45, 7) is 6.32. The van der Waals surface area contributed by atoms with Gasteiger partial charge in [-0.05, 0) is 36.2 Å². The van der Waals surface area contributed by atoms with E-state index >= 15 is 0 Å². The molecule has 2 aliphatic heterocycles. The van der Waals surface area contributed by atoms with Crippen molar-refractivity contribution in [1.82, 2.24) is 9.88 Å². The van der Waals surface area contributed by atoms with Crippen molar-refractivity contribution >= 4 is 17.2 Å². The van der Waals surface area contributed by atoms with E-state index in [1.54, 1.807) is 0 Å². The van der Waals surface area contributed by atoms with Crippen molar-refractivity contribution in [2.24, 2.45) is 0 Å². The highest BCUT2D eigenvalue weighted by Gasteiger charge is 2.17. The molecular weight excluding hydrogens is 286 g/mol. The van der Waals surface area contributed by atoms with Gasteiger partial charge in [-0.1, -0.05) is 12.1 Å². The Balaban J connectivity index is 1.28. The van der Waals surface area contributed by atoms with Crippen LogP contribution in [0, 0.1) is 0 Å². The summed E-state index contributed by atoms with van der Waals surface area (Å²) >= 11 is 0. The summed E-state index contributed by atoms with van der Waals surface area (Å²) in [5.41, 5.74) is 3.87. The number of aromatic nitrogens is 1. The third-order valence-corrected chi connectivity index (χ3v) is 4.70. The number of hydrogen-bond acceptors (Lipinski definition) is 5. The van der Waals surface area contributed by atoms with Crippen molar-refractivity contribution in [3.63, 3.8) is 0 Å². The molecule has 0 saturated carbocycles. The van der Waals surface area contributed by atoms with Crippen LogP contribution in [-0.2, 0) is 6.42 Å². The lowest BCUT2D eigenvalue weighted by Crippen LogP contribution is -2.47. The standard InChI is InChI=1S/C18H23N5/c1-2-7-19-18(3-1)23-11-9-22(10-12-23)8-6-15-4-5-16-17(13-15)21-14-20-16/h1-5,7,13,20-21H,6,8-12,14H2. The van der Waals surface area contributed by atoms with Crippen molar-refractivity contribution in [3.8, 4) is 0 Å². The Bertz CT molecular complexity index is 650. The molecular formula is C18H23N5. The Morgan fingerprint density at radius 2 is 1.83 bits per heavy atom. The fourth-order valence-corrected chi connectivity index (χ4v) is 3.31. The fraction of sp³-hybridized carbons (Fsp3) is 0.389. The quantitative estimate of drug-likeness (QED) is 0.907. The van der Waals surface area contributed by atoms with Gasteiger partial charge in [0.1, 0.15) is 5.82 Å². The van der Waals surface area contributed by atoms with Crippen LogP contribution in [0.1, 0.15) is 5.56 Å². The van der Waals surface area contributed by atoms with Gasteiger partial charge in [0.25, 0.3) is 0 Å². The number of nitrogens with zero attached hydrogens (tertiary/aromatic N) is 3. The van der Waals surface area contributed by atoms with E-state index in [9.17, 15) is 0 Å². The molecule has 2 aromatic rings. The molecule has 5 nitrogen and oxygen atoms in total. The van der Waals surface area contributed by atoms with E-state index in [1.165, 1.54) is 16.9 Å². The SMILES string of the molecule is c1ccc(N2CCN(CCc3ccc4c(c3)NCN4)CC2)nc1. The fourth-order valence-electron chi connectivity index (χ4n) is 3.31. The van der Waals surface area contributed by atoms with E-state index < -0.39 is 0 Å². The second-order valence-electron chi connectivity index (χ2n) is 6.18. The van der Waals surface area contributed by atoms with E-state index in [-0.39, 0.29) is 0 Å². The third kappa shape index (κ3) is 3.24. The van der Waals surface area contributed by atoms with Crippen molar-refractivity contribution in [2.75, 3.05) is 54.9 Å². The molecule has 0 atom stereocenters. The summed E-state index contributed by atoms with van der Waals surface area (Å²) in [6, 6.07) is 12.8. The summed E-state index contributed by atoms with van der Waals surface area (Å²) in [4.78, 5) is 9.38. The van der Waals surface area contributed by atoms with Crippen LogP contribution in [0.15, 0.2) is 42.6 Å². The van der Waals surface area contributed by atoms with Crippen LogP contribution < -0.4 is 15.5 Å². The maximum absolute atomic E-state index is 4.45. The topological polar surface area (TPSA) is 43.4 Å². The van der Waals surface area contributed by atoms with Gasteiger partial charge in [-0.2, -0.15) is 0 Å². The normalized spacial score (nSPS) is 17.5. The summed E-state index contributed by atoms with van der Waals surface area (Å²) in [7, 11) is 0. The van der Waals surface area contributed by atoms with Crippen LogP contribution in [0.4, 0.5) is 17.2 Å². The molecule has 0 unspecified atom stereocenters. The largest absolute Gasteiger partial charge is 0.366 e. The van der Waals surface area contributed by atoms with E-state index in [2.05, 4.69) is 55.7 Å². The number of pyridine rings is 1. The predicted octanol–water partition coefficient (Wildman–Crippen LogP) is 2.24. The molecule has 1 aromatic carbocycles. The average molecular weight is 309 g/mol. The molecule has 5 heteroatoms. The van der Waals surface area contributed by atoms with Crippen LogP contribution in [-0.4, -0.2) is 49.3 Å². The lowest BCUT2D eigenvalue weighted by Gasteiger charge is -2.35. The maximum atomic E-state index is 4.45. The minimum absolute atomic E-state index is 0.842. The molecule has 2 N–H and O–H groups in total. The highest BCUT2D eigenvalue weighted by molar-refractivity contribution is 5.73. The second kappa shape index (κ2) is 6.46. The number of nitrogens with one attached hydrogen (secondary N) is 2. The molecule has 0 aliphatic carbocycles. The first-order valence-electron chi connectivity index (χ1n) is 8.37. The molecule has 2 aliphatic rings. The van der Waals surface area contributed by atoms with Crippen molar-refractivity contribution in [1.29, 1.82) is 0 Å². The maximum Gasteiger partial charge on any atom is 0.128 e. The van der Waals surface area contributed by atoms with Gasteiger partial charge in [0.2, 0.25) is 0 Å². The molecule has 0 amide bonds. The Hall–Kier alpha value is -2.27. The predicted molar refractivity (Wildman–Crippen MR) is 95.1 cm³/mol. The van der Waals surface area contributed by atoms with E-state index in [0.29, 0.717) is 0 Å². The zero-order valence-electron chi connectivity index (χ0n) is 13.3. The van der Waals surface area contributed by atoms with Crippen molar-refractivity contribution < 1.29 is 0 Å². The minimum atomic E-state index is 0.842. The Kier molecular flexibility index (Phi) is 4.03. The number of fused-ring (bicyclic) bond motifs is 1. The number of benzene rings is 1. The van der Waals surface area contributed by atoms with Gasteiger partial charge in [-0.3, -0.25) is 4.90 Å². The third-order valence-electron chi connectivity index (χ3n) is 4.70. The van der Waals surface area contributed by atoms with E-state index in [4.69, 9.17) is 0 Å². The first-order valence-corrected chi connectivity index (χ1v) is 8.37. The molecule has 1 aromatic heterocycles. The summed E-state index contributed by atoms with van der Waals surface area (Å²) in [6.07, 6.45) is 2.98. The highest BCUT2D eigenvalue weighted by atomic mass is 15.3.